The van der Waals surface area contributed by atoms with Gasteiger partial charge in [-0.3, -0.25) is 4.90 Å². The Labute approximate surface area is 93.1 Å². The maximum Gasteiger partial charge on any atom is 0.0404 e. The van der Waals surface area contributed by atoms with Crippen molar-refractivity contribution in [2.75, 3.05) is 25.5 Å². The van der Waals surface area contributed by atoms with Crippen molar-refractivity contribution in [2.45, 2.75) is 32.6 Å². The molecule has 14 heavy (non-hydrogen) atoms. The third-order valence-corrected chi connectivity index (χ3v) is 3.20. The van der Waals surface area contributed by atoms with Crippen LogP contribution in [0.4, 0.5) is 0 Å². The zero-order chi connectivity index (χ0) is 10.2. The Morgan fingerprint density at radius 3 is 2.57 bits per heavy atom. The van der Waals surface area contributed by atoms with E-state index >= 15 is 0 Å². The first kappa shape index (κ1) is 12.1. The third-order valence-electron chi connectivity index (χ3n) is 3.02. The van der Waals surface area contributed by atoms with Gasteiger partial charge in [0.15, 0.2) is 0 Å². The van der Waals surface area contributed by atoms with Crippen LogP contribution in [0.2, 0.25) is 0 Å². The van der Waals surface area contributed by atoms with Gasteiger partial charge in [0.1, 0.15) is 0 Å². The molecule has 0 aromatic carbocycles. The fourth-order valence-electron chi connectivity index (χ4n) is 2.15. The largest absolute Gasteiger partial charge is 0.300 e. The van der Waals surface area contributed by atoms with Gasteiger partial charge < -0.3 is 0 Å². The lowest BCUT2D eigenvalue weighted by molar-refractivity contribution is 0.194. The van der Waals surface area contributed by atoms with Crippen molar-refractivity contribution in [3.8, 4) is 0 Å². The standard InChI is InChI=1S/C12H22ClN/c1-2-5-12-6-10-14(11-7-12)9-4-3-8-13/h3-4,12H,2,5-11H2,1H3. The monoisotopic (exact) mass is 215 g/mol. The second-order valence-electron chi connectivity index (χ2n) is 4.16. The molecule has 1 fully saturated rings. The van der Waals surface area contributed by atoms with E-state index in [4.69, 9.17) is 11.6 Å². The zero-order valence-electron chi connectivity index (χ0n) is 9.21. The number of likely N-dealkylation sites (tertiary alicyclic amines) is 1. The molecule has 0 aromatic rings. The predicted molar refractivity (Wildman–Crippen MR) is 63.9 cm³/mol. The van der Waals surface area contributed by atoms with Crippen LogP contribution in [0.15, 0.2) is 12.2 Å². The first-order valence-electron chi connectivity index (χ1n) is 5.80. The van der Waals surface area contributed by atoms with Gasteiger partial charge in [0.2, 0.25) is 0 Å². The van der Waals surface area contributed by atoms with Gasteiger partial charge >= 0.3 is 0 Å². The van der Waals surface area contributed by atoms with Crippen LogP contribution < -0.4 is 0 Å². The predicted octanol–water partition coefficient (Wildman–Crippen LogP) is 3.29. The summed E-state index contributed by atoms with van der Waals surface area (Å²) in [5.74, 6) is 1.64. The van der Waals surface area contributed by atoms with Crippen molar-refractivity contribution in [3.05, 3.63) is 12.2 Å². The first-order valence-corrected chi connectivity index (χ1v) is 6.33. The molecular weight excluding hydrogens is 194 g/mol. The summed E-state index contributed by atoms with van der Waals surface area (Å²) in [5.41, 5.74) is 0. The molecule has 0 spiro atoms. The molecule has 1 saturated heterocycles. The second-order valence-corrected chi connectivity index (χ2v) is 4.47. The number of hydrogen-bond acceptors (Lipinski definition) is 1. The molecule has 1 aliphatic heterocycles. The average Bonchev–Trinajstić information content (AvgIpc) is 2.21. The molecule has 0 saturated carbocycles. The van der Waals surface area contributed by atoms with Gasteiger partial charge in [-0.1, -0.05) is 31.9 Å². The molecule has 0 atom stereocenters. The van der Waals surface area contributed by atoms with Crippen LogP contribution in [0.1, 0.15) is 32.6 Å². The van der Waals surface area contributed by atoms with Crippen LogP contribution in [0.3, 0.4) is 0 Å². The van der Waals surface area contributed by atoms with Crippen molar-refractivity contribution < 1.29 is 0 Å². The maximum absolute atomic E-state index is 5.58. The van der Waals surface area contributed by atoms with E-state index in [2.05, 4.69) is 17.9 Å². The molecule has 1 rings (SSSR count). The number of halogens is 1. The van der Waals surface area contributed by atoms with Crippen molar-refractivity contribution in [3.63, 3.8) is 0 Å². The lowest BCUT2D eigenvalue weighted by atomic mass is 9.92. The Morgan fingerprint density at radius 2 is 2.00 bits per heavy atom. The highest BCUT2D eigenvalue weighted by Crippen LogP contribution is 2.21. The highest BCUT2D eigenvalue weighted by Gasteiger charge is 2.16. The van der Waals surface area contributed by atoms with Crippen LogP contribution in [0.5, 0.6) is 0 Å². The van der Waals surface area contributed by atoms with E-state index in [1.54, 1.807) is 0 Å². The van der Waals surface area contributed by atoms with Gasteiger partial charge in [-0.25, -0.2) is 0 Å². The highest BCUT2D eigenvalue weighted by molar-refractivity contribution is 6.18. The maximum atomic E-state index is 5.58. The fourth-order valence-corrected chi connectivity index (χ4v) is 2.28. The molecule has 1 aliphatic rings. The van der Waals surface area contributed by atoms with Crippen LogP contribution in [0, 0.1) is 5.92 Å². The number of alkyl halides is 1. The van der Waals surface area contributed by atoms with E-state index < -0.39 is 0 Å². The van der Waals surface area contributed by atoms with Crippen LogP contribution >= 0.6 is 11.6 Å². The summed E-state index contributed by atoms with van der Waals surface area (Å²) in [7, 11) is 0. The number of nitrogens with zero attached hydrogens (tertiary/aromatic N) is 1. The normalized spacial score (nSPS) is 20.7. The van der Waals surface area contributed by atoms with E-state index in [0.717, 1.165) is 12.5 Å². The average molecular weight is 216 g/mol. The molecule has 0 unspecified atom stereocenters. The minimum atomic E-state index is 0.645. The molecule has 82 valence electrons. The number of hydrogen-bond donors (Lipinski definition) is 0. The van der Waals surface area contributed by atoms with Gasteiger partial charge in [0.05, 0.1) is 0 Å². The smallest absolute Gasteiger partial charge is 0.0404 e. The molecule has 0 N–H and O–H groups in total. The van der Waals surface area contributed by atoms with Crippen molar-refractivity contribution in [2.24, 2.45) is 5.92 Å². The van der Waals surface area contributed by atoms with Gasteiger partial charge in [-0.15, -0.1) is 11.6 Å². The van der Waals surface area contributed by atoms with Crippen molar-refractivity contribution >= 4 is 11.6 Å². The number of allylic oxidation sites excluding steroid dienone is 1. The van der Waals surface area contributed by atoms with E-state index in [1.807, 2.05) is 6.08 Å². The highest BCUT2D eigenvalue weighted by atomic mass is 35.5. The third kappa shape index (κ3) is 4.47. The molecular formula is C12H22ClN. The van der Waals surface area contributed by atoms with Crippen LogP contribution in [0.25, 0.3) is 0 Å². The Kier molecular flexibility index (Phi) is 6.29. The molecule has 1 heterocycles. The minimum Gasteiger partial charge on any atom is -0.300 e. The Balaban J connectivity index is 2.12. The summed E-state index contributed by atoms with van der Waals surface area (Å²) in [6.45, 7) is 5.93. The molecule has 0 aromatic heterocycles. The van der Waals surface area contributed by atoms with Gasteiger partial charge in [-0.2, -0.15) is 0 Å². The summed E-state index contributed by atoms with van der Waals surface area (Å²) in [5, 5.41) is 0. The Bertz CT molecular complexity index is 160. The lowest BCUT2D eigenvalue weighted by Gasteiger charge is -2.30. The molecule has 1 nitrogen and oxygen atoms in total. The van der Waals surface area contributed by atoms with Crippen molar-refractivity contribution in [1.82, 2.24) is 4.90 Å². The molecule has 2 heteroatoms. The van der Waals surface area contributed by atoms with Gasteiger partial charge in [0, 0.05) is 12.4 Å². The number of rotatable bonds is 5. The minimum absolute atomic E-state index is 0.645. The van der Waals surface area contributed by atoms with E-state index in [9.17, 15) is 0 Å². The SMILES string of the molecule is CCCC1CCN(CC=CCCl)CC1. The summed E-state index contributed by atoms with van der Waals surface area (Å²) in [4.78, 5) is 2.52. The molecule has 0 bridgehead atoms. The lowest BCUT2D eigenvalue weighted by Crippen LogP contribution is -2.33. The molecule has 0 aliphatic carbocycles. The van der Waals surface area contributed by atoms with Crippen molar-refractivity contribution in [1.29, 1.82) is 0 Å². The topological polar surface area (TPSA) is 3.24 Å². The summed E-state index contributed by atoms with van der Waals surface area (Å²) in [6, 6.07) is 0. The summed E-state index contributed by atoms with van der Waals surface area (Å²) in [6.07, 6.45) is 9.78. The van der Waals surface area contributed by atoms with Gasteiger partial charge in [0.25, 0.3) is 0 Å². The zero-order valence-corrected chi connectivity index (χ0v) is 9.97. The molecule has 0 amide bonds. The Hall–Kier alpha value is -0.0100. The summed E-state index contributed by atoms with van der Waals surface area (Å²) >= 11 is 5.58. The quantitative estimate of drug-likeness (QED) is 0.503. The molecule has 0 radical (unpaired) electrons. The number of piperidine rings is 1. The Morgan fingerprint density at radius 1 is 1.29 bits per heavy atom. The van der Waals surface area contributed by atoms with E-state index in [-0.39, 0.29) is 0 Å². The van der Waals surface area contributed by atoms with E-state index in [0.29, 0.717) is 5.88 Å². The van der Waals surface area contributed by atoms with Gasteiger partial charge in [-0.05, 0) is 31.8 Å². The second kappa shape index (κ2) is 7.30. The van der Waals surface area contributed by atoms with E-state index in [1.165, 1.54) is 38.8 Å². The summed E-state index contributed by atoms with van der Waals surface area (Å²) < 4.78 is 0. The first-order chi connectivity index (χ1) is 6.86. The van der Waals surface area contributed by atoms with Crippen LogP contribution in [-0.2, 0) is 0 Å². The fraction of sp³-hybridized carbons (Fsp3) is 0.833. The van der Waals surface area contributed by atoms with Crippen LogP contribution in [-0.4, -0.2) is 30.4 Å².